The quantitative estimate of drug-likeness (QED) is 0.285. The van der Waals surface area contributed by atoms with Gasteiger partial charge in [-0.25, -0.2) is 4.79 Å². The Morgan fingerprint density at radius 1 is 1.15 bits per heavy atom. The van der Waals surface area contributed by atoms with Crippen molar-refractivity contribution in [2.75, 3.05) is 11.2 Å². The van der Waals surface area contributed by atoms with Crippen molar-refractivity contribution in [3.63, 3.8) is 0 Å². The van der Waals surface area contributed by atoms with E-state index in [0.717, 1.165) is 17.4 Å². The molecule has 2 aromatic carbocycles. The van der Waals surface area contributed by atoms with E-state index in [1.54, 1.807) is 18.2 Å². The van der Waals surface area contributed by atoms with Crippen LogP contribution in [0, 0.1) is 0 Å². The number of para-hydroxylation sites is 1. The van der Waals surface area contributed by atoms with Crippen LogP contribution in [-0.2, 0) is 0 Å². The second-order valence-corrected chi connectivity index (χ2v) is 7.33. The van der Waals surface area contributed by atoms with Gasteiger partial charge in [0.2, 0.25) is 0 Å². The van der Waals surface area contributed by atoms with Crippen LogP contribution in [0.25, 0.3) is 11.0 Å². The van der Waals surface area contributed by atoms with Crippen molar-refractivity contribution in [3.8, 4) is 0 Å². The van der Waals surface area contributed by atoms with Crippen LogP contribution in [0.3, 0.4) is 0 Å². The van der Waals surface area contributed by atoms with Gasteiger partial charge in [0.25, 0.3) is 0 Å². The molecule has 0 aliphatic heterocycles. The zero-order chi connectivity index (χ0) is 18.5. The lowest BCUT2D eigenvalue weighted by atomic mass is 10.1. The first-order valence-electron chi connectivity index (χ1n) is 7.53. The Kier molecular flexibility index (Phi) is 5.92. The number of Topliss-reactive ketones (excluding diaryl/α,β-unsaturated/α-hetero) is 1. The fourth-order valence-electron chi connectivity index (χ4n) is 2.18. The second-order valence-electron chi connectivity index (χ2n) is 5.25. The number of carbonyl (C=O) groups excluding carboxylic acids is 1. The van der Waals surface area contributed by atoms with Gasteiger partial charge in [0, 0.05) is 10.4 Å². The summed E-state index contributed by atoms with van der Waals surface area (Å²) in [6.45, 7) is 0. The van der Waals surface area contributed by atoms with Gasteiger partial charge in [0.1, 0.15) is 11.1 Å². The summed E-state index contributed by atoms with van der Waals surface area (Å²) in [5.41, 5.74) is 6.29. The van der Waals surface area contributed by atoms with Crippen molar-refractivity contribution < 1.29 is 9.21 Å². The maximum atomic E-state index is 12.4. The van der Waals surface area contributed by atoms with Gasteiger partial charge in [-0.3, -0.25) is 15.6 Å². The third-order valence-electron chi connectivity index (χ3n) is 3.41. The standard InChI is InChI=1S/C18H13ClN2O3S2/c19-12-6-7-16-11(8-12)9-14(17(23)24-16)15(22)10-26-18(25)21-20-13-4-2-1-3-5-13/h1-9,20H,10H2,(H,21,25). The molecule has 0 saturated carbocycles. The SMILES string of the molecule is O=C(CSC(=S)NNc1ccccc1)c1cc2cc(Cl)ccc2oc1=O. The number of halogens is 1. The van der Waals surface area contributed by atoms with E-state index in [1.165, 1.54) is 6.07 Å². The van der Waals surface area contributed by atoms with E-state index >= 15 is 0 Å². The first-order chi connectivity index (χ1) is 12.5. The van der Waals surface area contributed by atoms with Crippen LogP contribution in [0.5, 0.6) is 0 Å². The van der Waals surface area contributed by atoms with Crippen molar-refractivity contribution in [3.05, 3.63) is 75.6 Å². The zero-order valence-corrected chi connectivity index (χ0v) is 15.7. The highest BCUT2D eigenvalue weighted by Gasteiger charge is 2.15. The normalized spacial score (nSPS) is 10.5. The molecular weight excluding hydrogens is 392 g/mol. The van der Waals surface area contributed by atoms with Gasteiger partial charge in [-0.2, -0.15) is 0 Å². The number of fused-ring (bicyclic) bond motifs is 1. The minimum Gasteiger partial charge on any atom is -0.422 e. The van der Waals surface area contributed by atoms with Gasteiger partial charge in [-0.1, -0.05) is 53.8 Å². The highest BCUT2D eigenvalue weighted by molar-refractivity contribution is 8.23. The predicted octanol–water partition coefficient (Wildman–Crippen LogP) is 4.26. The molecule has 0 aliphatic rings. The maximum absolute atomic E-state index is 12.4. The van der Waals surface area contributed by atoms with Gasteiger partial charge in [-0.05, 0) is 36.4 Å². The minimum absolute atomic E-state index is 0.0130. The number of ketones is 1. The largest absolute Gasteiger partial charge is 0.422 e. The van der Waals surface area contributed by atoms with Crippen molar-refractivity contribution in [1.82, 2.24) is 5.43 Å². The molecule has 8 heteroatoms. The molecule has 0 atom stereocenters. The number of hydrogen-bond acceptors (Lipinski definition) is 6. The number of thiocarbonyl (C=S) groups is 1. The molecule has 0 fully saturated rings. The van der Waals surface area contributed by atoms with Gasteiger partial charge in [0.05, 0.1) is 11.4 Å². The van der Waals surface area contributed by atoms with Crippen LogP contribution >= 0.6 is 35.6 Å². The van der Waals surface area contributed by atoms with Crippen molar-refractivity contribution in [2.24, 2.45) is 0 Å². The summed E-state index contributed by atoms with van der Waals surface area (Å²) in [5, 5.41) is 1.09. The molecule has 1 heterocycles. The molecule has 26 heavy (non-hydrogen) atoms. The maximum Gasteiger partial charge on any atom is 0.347 e. The molecule has 132 valence electrons. The molecule has 1 aromatic heterocycles. The first-order valence-corrected chi connectivity index (χ1v) is 9.30. The van der Waals surface area contributed by atoms with Gasteiger partial charge in [-0.15, -0.1) is 0 Å². The summed E-state index contributed by atoms with van der Waals surface area (Å²) in [4.78, 5) is 24.4. The summed E-state index contributed by atoms with van der Waals surface area (Å²) in [5.74, 6) is -0.353. The lowest BCUT2D eigenvalue weighted by Crippen LogP contribution is -2.26. The number of hydrazine groups is 1. The summed E-state index contributed by atoms with van der Waals surface area (Å²) in [7, 11) is 0. The third kappa shape index (κ3) is 4.63. The molecule has 3 aromatic rings. The average Bonchev–Trinajstić information content (AvgIpc) is 2.65. The zero-order valence-electron chi connectivity index (χ0n) is 13.3. The van der Waals surface area contributed by atoms with Crippen molar-refractivity contribution in [2.45, 2.75) is 0 Å². The molecule has 0 spiro atoms. The molecule has 0 radical (unpaired) electrons. The molecule has 3 rings (SSSR count). The predicted molar refractivity (Wildman–Crippen MR) is 110 cm³/mol. The van der Waals surface area contributed by atoms with Crippen LogP contribution in [-0.4, -0.2) is 15.9 Å². The fraction of sp³-hybridized carbons (Fsp3) is 0.0556. The summed E-state index contributed by atoms with van der Waals surface area (Å²) < 4.78 is 5.56. The number of nitrogens with one attached hydrogen (secondary N) is 2. The van der Waals surface area contributed by atoms with E-state index in [1.807, 2.05) is 30.3 Å². The molecule has 0 saturated heterocycles. The molecule has 0 aliphatic carbocycles. The first kappa shape index (κ1) is 18.4. The summed E-state index contributed by atoms with van der Waals surface area (Å²) >= 11 is 12.2. The van der Waals surface area contributed by atoms with E-state index in [-0.39, 0.29) is 17.1 Å². The summed E-state index contributed by atoms with van der Waals surface area (Å²) in [6.07, 6.45) is 0. The number of carbonyl (C=O) groups is 1. The minimum atomic E-state index is -0.674. The third-order valence-corrected chi connectivity index (χ3v) is 4.87. The van der Waals surface area contributed by atoms with E-state index in [4.69, 9.17) is 28.2 Å². The fourth-order valence-corrected chi connectivity index (χ4v) is 3.13. The van der Waals surface area contributed by atoms with Crippen molar-refractivity contribution >= 4 is 62.3 Å². The molecule has 2 N–H and O–H groups in total. The van der Waals surface area contributed by atoms with Crippen LogP contribution in [0.4, 0.5) is 5.69 Å². The molecule has 0 bridgehead atoms. The Hall–Kier alpha value is -2.35. The number of rotatable bonds is 5. The molecule has 0 unspecified atom stereocenters. The van der Waals surface area contributed by atoms with Crippen molar-refractivity contribution in [1.29, 1.82) is 0 Å². The van der Waals surface area contributed by atoms with E-state index in [0.29, 0.717) is 20.3 Å². The lowest BCUT2D eigenvalue weighted by molar-refractivity contribution is 0.101. The van der Waals surface area contributed by atoms with E-state index < -0.39 is 5.63 Å². The Morgan fingerprint density at radius 2 is 1.92 bits per heavy atom. The number of anilines is 1. The summed E-state index contributed by atoms with van der Waals surface area (Å²) in [6, 6.07) is 15.8. The van der Waals surface area contributed by atoms with Gasteiger partial charge in [0.15, 0.2) is 10.1 Å². The average molecular weight is 405 g/mol. The van der Waals surface area contributed by atoms with Gasteiger partial charge >= 0.3 is 5.63 Å². The number of hydrogen-bond donors (Lipinski definition) is 2. The number of thioether (sulfide) groups is 1. The Balaban J connectivity index is 1.62. The molecule has 0 amide bonds. The highest BCUT2D eigenvalue weighted by Crippen LogP contribution is 2.19. The topological polar surface area (TPSA) is 71.3 Å². The lowest BCUT2D eigenvalue weighted by Gasteiger charge is -2.09. The van der Waals surface area contributed by atoms with E-state index in [9.17, 15) is 9.59 Å². The Bertz CT molecular complexity index is 1020. The highest BCUT2D eigenvalue weighted by atomic mass is 35.5. The molecular formula is C18H13ClN2O3S2. The van der Waals surface area contributed by atoms with Crippen LogP contribution in [0.1, 0.15) is 10.4 Å². The smallest absolute Gasteiger partial charge is 0.347 e. The molecule has 5 nitrogen and oxygen atoms in total. The Morgan fingerprint density at radius 3 is 2.69 bits per heavy atom. The van der Waals surface area contributed by atoms with Crippen LogP contribution in [0.15, 0.2) is 63.8 Å². The van der Waals surface area contributed by atoms with Crippen LogP contribution < -0.4 is 16.5 Å². The second kappa shape index (κ2) is 8.35. The Labute approximate surface area is 163 Å². The van der Waals surface area contributed by atoms with Gasteiger partial charge < -0.3 is 4.42 Å². The number of benzene rings is 2. The van der Waals surface area contributed by atoms with Crippen LogP contribution in [0.2, 0.25) is 5.02 Å². The monoisotopic (exact) mass is 404 g/mol. The van der Waals surface area contributed by atoms with E-state index in [2.05, 4.69) is 10.9 Å².